The van der Waals surface area contributed by atoms with Gasteiger partial charge in [0.15, 0.2) is 25.2 Å². The predicted molar refractivity (Wildman–Crippen MR) is 271 cm³/mol. The molecule has 5 saturated heterocycles. The van der Waals surface area contributed by atoms with Crippen molar-refractivity contribution < 1.29 is 113 Å². The minimum absolute atomic E-state index is 0.0746. The number of hydrogen-bond acceptors (Lipinski definition) is 23. The summed E-state index contributed by atoms with van der Waals surface area (Å²) in [6, 6.07) is 0. The fraction of sp³-hybridized carbons (Fsp3) is 0.929. The monoisotopic (exact) mass is 1130 g/mol. The van der Waals surface area contributed by atoms with Crippen LogP contribution in [0.25, 0.3) is 0 Å². The van der Waals surface area contributed by atoms with Crippen molar-refractivity contribution in [1.29, 1.82) is 0 Å². The predicted octanol–water partition coefficient (Wildman–Crippen LogP) is 0.234. The molecule has 0 aromatic rings. The third-order valence-electron chi connectivity index (χ3n) is 20.6. The van der Waals surface area contributed by atoms with Gasteiger partial charge in [0.1, 0.15) is 97.2 Å². The van der Waals surface area contributed by atoms with Crippen LogP contribution in [-0.4, -0.2) is 224 Å². The minimum atomic E-state index is -1.91. The minimum Gasteiger partial charge on any atom is -0.462 e. The number of allylic oxidation sites excluding steroid dienone is 2. The maximum atomic E-state index is 14.7. The van der Waals surface area contributed by atoms with Gasteiger partial charge in [-0.25, -0.2) is 0 Å². The van der Waals surface area contributed by atoms with Crippen LogP contribution in [0.15, 0.2) is 11.6 Å². The summed E-state index contributed by atoms with van der Waals surface area (Å²) in [7, 11) is 1.21. The number of ether oxygens (including phenoxy) is 11. The van der Waals surface area contributed by atoms with Gasteiger partial charge < -0.3 is 103 Å². The second-order valence-electron chi connectivity index (χ2n) is 26.0. The van der Waals surface area contributed by atoms with E-state index in [1.165, 1.54) is 26.5 Å². The number of esters is 2. The number of aliphatic hydroxyl groups is 10. The second kappa shape index (κ2) is 23.1. The summed E-state index contributed by atoms with van der Waals surface area (Å²) in [5, 5.41) is 110. The number of hydrogen-bond donors (Lipinski definition) is 10. The maximum Gasteiger partial charge on any atom is 0.314 e. The van der Waals surface area contributed by atoms with Crippen molar-refractivity contribution in [3.05, 3.63) is 11.6 Å². The van der Waals surface area contributed by atoms with Gasteiger partial charge in [-0.3, -0.25) is 9.59 Å². The van der Waals surface area contributed by atoms with E-state index in [1.54, 1.807) is 0 Å². The molecule has 9 rings (SSSR count). The van der Waals surface area contributed by atoms with Crippen LogP contribution >= 0.6 is 0 Å². The Kier molecular flexibility index (Phi) is 18.0. The zero-order chi connectivity index (χ0) is 57.6. The molecule has 10 N–H and O–H groups in total. The van der Waals surface area contributed by atoms with E-state index in [0.29, 0.717) is 38.0 Å². The lowest BCUT2D eigenvalue weighted by atomic mass is 9.41. The number of carbonyl (C=O) groups excluding carboxylic acids is 2. The van der Waals surface area contributed by atoms with Gasteiger partial charge in [-0.15, -0.1) is 0 Å². The molecule has 23 heteroatoms. The van der Waals surface area contributed by atoms with Crippen LogP contribution in [0.5, 0.6) is 0 Å². The SMILES string of the molecule is CO[C@@H]1[C@@H](O)[C@H](O[C@@H]2[C@@H](O)[C@H](O[C@H]3[C@H](O)[C@@H](O)[C@H](O[C@H]4[C@H](O[C@H]5CC[C@]6(C)[C@@H]7CC[C@]89C(=O)O[C@@](C)(CCCC(C)C)[C@H]8[C@@H](OC(C)=O)C[C@@]9(C)C7=CC[C@H]6C5(C)C)OC[C@@H](O)[C@@H]4O)O[C@@H]3C)O[C@H](CO)[C@H]2O)O[C@H](CO)[C@H]1O. The lowest BCUT2D eigenvalue weighted by Gasteiger charge is -2.63. The zero-order valence-corrected chi connectivity index (χ0v) is 47.3. The van der Waals surface area contributed by atoms with Crippen molar-refractivity contribution in [2.45, 2.75) is 255 Å². The molecule has 23 nitrogen and oxygen atoms in total. The van der Waals surface area contributed by atoms with E-state index < -0.39 is 164 Å². The molecule has 0 unspecified atom stereocenters. The van der Waals surface area contributed by atoms with E-state index in [9.17, 15) is 60.7 Å². The Morgan fingerprint density at radius 3 is 1.96 bits per heavy atom. The number of cyclic esters (lactones) is 1. The summed E-state index contributed by atoms with van der Waals surface area (Å²) >= 11 is 0. The Balaban J connectivity index is 0.884. The van der Waals surface area contributed by atoms with Gasteiger partial charge in [-0.05, 0) is 93.8 Å². The standard InChI is InChI=1S/C56H90O23/c1-24(2)12-11-17-55(9)46-30(72-26(4)59)20-54(8)28-13-14-33-52(5,6)34(16-18-53(33,7)27(28)15-19-56(46,54)51(68)79-55)75-50-45(35(61)29(60)23-70-50)78-47-39(65)38(64)42(25(3)71-47)76-49-41(67)44(37(63)32(22-58)74-49)77-48-40(66)43(69-10)36(62)31(21-57)73-48/h13,24-25,27,29-50,57-58,60-67H,11-12,14-23H2,1-10H3/t25-,27-,29-,30+,31-,32-,33+,34+,35+,36-,37-,38-,39-,40-,41-,42-,43+,44+,45-,46-,47+,48+,49+,50+,53-,54+,55+,56-/m1/s1. The highest BCUT2D eigenvalue weighted by atomic mass is 16.8. The van der Waals surface area contributed by atoms with E-state index in [0.717, 1.165) is 25.7 Å². The van der Waals surface area contributed by atoms with Crippen LogP contribution in [0.3, 0.4) is 0 Å². The topological polar surface area (TPSA) is 338 Å². The molecular weight excluding hydrogens is 1040 g/mol. The first-order valence-corrected chi connectivity index (χ1v) is 28.6. The Hall–Kier alpha value is -2.08. The molecule has 5 heterocycles. The van der Waals surface area contributed by atoms with E-state index in [4.69, 9.17) is 52.1 Å². The summed E-state index contributed by atoms with van der Waals surface area (Å²) in [5.74, 6) is -0.161. The van der Waals surface area contributed by atoms with E-state index in [1.807, 2.05) is 6.92 Å². The van der Waals surface area contributed by atoms with E-state index >= 15 is 0 Å². The smallest absolute Gasteiger partial charge is 0.314 e. The lowest BCUT2D eigenvalue weighted by Crippen LogP contribution is -2.67. The van der Waals surface area contributed by atoms with Crippen molar-refractivity contribution in [2.75, 3.05) is 26.9 Å². The molecular formula is C56H90O23. The van der Waals surface area contributed by atoms with Gasteiger partial charge in [-0.2, -0.15) is 0 Å². The summed E-state index contributed by atoms with van der Waals surface area (Å²) in [6.07, 6.45) is -21.9. The highest BCUT2D eigenvalue weighted by molar-refractivity contribution is 5.84. The van der Waals surface area contributed by atoms with Crippen molar-refractivity contribution in [1.82, 2.24) is 0 Å². The number of carbonyl (C=O) groups is 2. The fourth-order valence-corrected chi connectivity index (χ4v) is 16.5. The number of fused-ring (bicyclic) bond motifs is 4. The average Bonchev–Trinajstić information content (AvgIpc) is 3.61. The summed E-state index contributed by atoms with van der Waals surface area (Å²) in [5.41, 5.74) is -1.75. The first-order valence-electron chi connectivity index (χ1n) is 28.6. The van der Waals surface area contributed by atoms with Gasteiger partial charge in [0.25, 0.3) is 0 Å². The normalized spacial score (nSPS) is 51.4. The Bertz CT molecular complexity index is 2180. The van der Waals surface area contributed by atoms with Crippen molar-refractivity contribution >= 4 is 11.9 Å². The molecule has 452 valence electrons. The molecule has 9 aliphatic rings. The van der Waals surface area contributed by atoms with Crippen LogP contribution in [0.1, 0.15) is 120 Å². The fourth-order valence-electron chi connectivity index (χ4n) is 16.5. The van der Waals surface area contributed by atoms with Gasteiger partial charge >= 0.3 is 11.9 Å². The first kappa shape index (κ1) is 61.5. The van der Waals surface area contributed by atoms with Crippen LogP contribution < -0.4 is 0 Å². The van der Waals surface area contributed by atoms with Crippen molar-refractivity contribution in [3.63, 3.8) is 0 Å². The molecule has 0 bridgehead atoms. The molecule has 0 aromatic heterocycles. The molecule has 8 fully saturated rings. The summed E-state index contributed by atoms with van der Waals surface area (Å²) in [6.45, 7) is 16.4. The Morgan fingerprint density at radius 2 is 1.34 bits per heavy atom. The molecule has 79 heavy (non-hydrogen) atoms. The molecule has 1 spiro atoms. The van der Waals surface area contributed by atoms with Gasteiger partial charge in [0.05, 0.1) is 43.4 Å². The van der Waals surface area contributed by atoms with Crippen LogP contribution in [-0.2, 0) is 61.7 Å². The second-order valence-corrected chi connectivity index (χ2v) is 26.0. The highest BCUT2D eigenvalue weighted by Gasteiger charge is 2.79. The Morgan fingerprint density at radius 1 is 0.734 bits per heavy atom. The molecule has 0 radical (unpaired) electrons. The molecule has 28 atom stereocenters. The number of rotatable bonds is 16. The number of aliphatic hydroxyl groups excluding tert-OH is 10. The zero-order valence-electron chi connectivity index (χ0n) is 47.3. The first-order chi connectivity index (χ1) is 37.1. The van der Waals surface area contributed by atoms with E-state index in [2.05, 4.69) is 47.6 Å². The quantitative estimate of drug-likeness (QED) is 0.0731. The van der Waals surface area contributed by atoms with Crippen molar-refractivity contribution in [2.24, 2.45) is 45.3 Å². The van der Waals surface area contributed by atoms with Gasteiger partial charge in [0, 0.05) is 19.4 Å². The van der Waals surface area contributed by atoms with Crippen molar-refractivity contribution in [3.8, 4) is 0 Å². The third-order valence-corrected chi connectivity index (χ3v) is 20.6. The Labute approximate surface area is 462 Å². The maximum absolute atomic E-state index is 14.7. The molecule has 0 amide bonds. The van der Waals surface area contributed by atoms with Gasteiger partial charge in [-0.1, -0.05) is 59.6 Å². The third kappa shape index (κ3) is 10.4. The highest BCUT2D eigenvalue weighted by Crippen LogP contribution is 2.77. The van der Waals surface area contributed by atoms with Gasteiger partial charge in [0.2, 0.25) is 0 Å². The summed E-state index contributed by atoms with van der Waals surface area (Å²) in [4.78, 5) is 27.4. The van der Waals surface area contributed by atoms with Crippen LogP contribution in [0.2, 0.25) is 0 Å². The molecule has 5 aliphatic heterocycles. The largest absolute Gasteiger partial charge is 0.462 e. The lowest BCUT2D eigenvalue weighted by molar-refractivity contribution is -0.389. The molecule has 3 saturated carbocycles. The van der Waals surface area contributed by atoms with Crippen LogP contribution in [0.4, 0.5) is 0 Å². The average molecular weight is 1130 g/mol. The molecule has 0 aromatic carbocycles. The van der Waals surface area contributed by atoms with E-state index in [-0.39, 0.29) is 41.7 Å². The molecule has 4 aliphatic carbocycles. The summed E-state index contributed by atoms with van der Waals surface area (Å²) < 4.78 is 66.2. The number of methoxy groups -OCH3 is 1. The van der Waals surface area contributed by atoms with Crippen LogP contribution in [0, 0.1) is 45.3 Å².